The molecular formula is C35H56Br2N2O4S2. The van der Waals surface area contributed by atoms with Crippen molar-refractivity contribution >= 4 is 51.9 Å². The van der Waals surface area contributed by atoms with Crippen LogP contribution in [0, 0.1) is 13.8 Å². The van der Waals surface area contributed by atoms with E-state index in [1.165, 1.54) is 0 Å². The molecule has 2 rings (SSSR count). The molecule has 0 spiro atoms. The van der Waals surface area contributed by atoms with E-state index in [2.05, 4.69) is 31.9 Å². The van der Waals surface area contributed by atoms with Crippen LogP contribution in [0.1, 0.15) is 107 Å². The average molecular weight is 793 g/mol. The van der Waals surface area contributed by atoms with Crippen LogP contribution in [0.5, 0.6) is 0 Å². The van der Waals surface area contributed by atoms with E-state index in [1.54, 1.807) is 32.9 Å². The topological polar surface area (TPSA) is 74.8 Å². The molecule has 0 fully saturated rings. The lowest BCUT2D eigenvalue weighted by molar-refractivity contribution is 0.374. The van der Waals surface area contributed by atoms with Gasteiger partial charge in [-0.2, -0.15) is 8.61 Å². The van der Waals surface area contributed by atoms with E-state index in [9.17, 15) is 16.8 Å². The predicted octanol–water partition coefficient (Wildman–Crippen LogP) is 9.63. The normalized spacial score (nSPS) is 12.4. The number of benzene rings is 2. The zero-order chi connectivity index (χ0) is 33.0. The molecule has 10 heteroatoms. The molecule has 0 amide bonds. The van der Waals surface area contributed by atoms with E-state index in [0.29, 0.717) is 36.0 Å². The van der Waals surface area contributed by atoms with Crippen LogP contribution in [0.2, 0.25) is 0 Å². The maximum atomic E-state index is 13.5. The van der Waals surface area contributed by atoms with Gasteiger partial charge in [0.2, 0.25) is 20.0 Å². The molecule has 0 unspecified atom stereocenters. The Kier molecular flexibility index (Phi) is 20.4. The molecule has 0 atom stereocenters. The lowest BCUT2D eigenvalue weighted by atomic mass is 10.1. The van der Waals surface area contributed by atoms with Crippen molar-refractivity contribution in [1.82, 2.24) is 8.61 Å². The predicted molar refractivity (Wildman–Crippen MR) is 197 cm³/mol. The Morgan fingerprint density at radius 1 is 0.422 bits per heavy atom. The standard InChI is InChI=1S/C35H56Br2N2O4S2/c1-32-18-22-34(23-19-32)44(40,41)38(28-14-8-3-6-12-26-36)30-16-10-5-11-17-31-39(29-15-9-4-7-13-27-37)45(42,43)35-24-20-33(2)21-25-35/h18-25H,3-17,26-31H2,1-2H3. The molecule has 0 aliphatic heterocycles. The Balaban J connectivity index is 1.89. The van der Waals surface area contributed by atoms with Gasteiger partial charge in [-0.3, -0.25) is 0 Å². The number of halogens is 2. The van der Waals surface area contributed by atoms with Gasteiger partial charge in [0.05, 0.1) is 9.79 Å². The van der Waals surface area contributed by atoms with Crippen LogP contribution in [-0.2, 0) is 20.0 Å². The van der Waals surface area contributed by atoms with Gasteiger partial charge in [0.25, 0.3) is 0 Å². The highest BCUT2D eigenvalue weighted by Crippen LogP contribution is 2.21. The van der Waals surface area contributed by atoms with E-state index in [-0.39, 0.29) is 0 Å². The van der Waals surface area contributed by atoms with Gasteiger partial charge < -0.3 is 0 Å². The molecule has 0 saturated carbocycles. The summed E-state index contributed by atoms with van der Waals surface area (Å²) in [4.78, 5) is 0.732. The van der Waals surface area contributed by atoms with Gasteiger partial charge in [-0.25, -0.2) is 16.8 Å². The highest BCUT2D eigenvalue weighted by molar-refractivity contribution is 9.09. The summed E-state index contributed by atoms with van der Waals surface area (Å²) in [5.74, 6) is 0. The van der Waals surface area contributed by atoms with Crippen LogP contribution < -0.4 is 0 Å². The fourth-order valence-corrected chi connectivity index (χ4v) is 9.18. The Morgan fingerprint density at radius 3 is 0.933 bits per heavy atom. The minimum atomic E-state index is -3.54. The summed E-state index contributed by atoms with van der Waals surface area (Å²) in [6, 6.07) is 14.3. The number of sulfonamides is 2. The van der Waals surface area contributed by atoms with Crippen LogP contribution in [0.3, 0.4) is 0 Å². The zero-order valence-corrected chi connectivity index (χ0v) is 32.4. The van der Waals surface area contributed by atoms with Crippen molar-refractivity contribution in [3.63, 3.8) is 0 Å². The number of nitrogens with zero attached hydrogens (tertiary/aromatic N) is 2. The van der Waals surface area contributed by atoms with Gasteiger partial charge in [0.1, 0.15) is 0 Å². The van der Waals surface area contributed by atoms with Gasteiger partial charge in [-0.1, -0.05) is 125 Å². The third kappa shape index (κ3) is 15.3. The third-order valence-electron chi connectivity index (χ3n) is 8.21. The van der Waals surface area contributed by atoms with Crippen LogP contribution >= 0.6 is 31.9 Å². The first kappa shape index (κ1) is 40.4. The molecule has 0 aromatic heterocycles. The first-order valence-corrected chi connectivity index (χ1v) is 22.0. The van der Waals surface area contributed by atoms with Crippen molar-refractivity contribution < 1.29 is 16.8 Å². The van der Waals surface area contributed by atoms with Gasteiger partial charge in [0, 0.05) is 36.8 Å². The van der Waals surface area contributed by atoms with Crippen molar-refractivity contribution in [1.29, 1.82) is 0 Å². The first-order chi connectivity index (χ1) is 21.6. The lowest BCUT2D eigenvalue weighted by Crippen LogP contribution is -2.33. The van der Waals surface area contributed by atoms with E-state index < -0.39 is 20.0 Å². The molecule has 0 aliphatic carbocycles. The number of aryl methyl sites for hydroxylation is 2. The zero-order valence-electron chi connectivity index (χ0n) is 27.6. The van der Waals surface area contributed by atoms with Gasteiger partial charge in [-0.15, -0.1) is 0 Å². The first-order valence-electron chi connectivity index (χ1n) is 16.9. The number of rotatable bonds is 26. The van der Waals surface area contributed by atoms with Crippen LogP contribution in [0.25, 0.3) is 0 Å². The summed E-state index contributed by atoms with van der Waals surface area (Å²) in [6.07, 6.45) is 15.1. The summed E-state index contributed by atoms with van der Waals surface area (Å²) >= 11 is 6.96. The Bertz CT molecular complexity index is 1170. The van der Waals surface area contributed by atoms with Crippen LogP contribution in [-0.4, -0.2) is 62.3 Å². The number of unbranched alkanes of at least 4 members (excludes halogenated alkanes) is 12. The second-order valence-electron chi connectivity index (χ2n) is 12.1. The molecule has 0 radical (unpaired) electrons. The molecule has 2 aromatic carbocycles. The van der Waals surface area contributed by atoms with E-state index >= 15 is 0 Å². The number of hydrogen-bond donors (Lipinski definition) is 0. The largest absolute Gasteiger partial charge is 0.243 e. The lowest BCUT2D eigenvalue weighted by Gasteiger charge is -2.23. The molecule has 0 heterocycles. The Labute approximate surface area is 292 Å². The second kappa shape index (κ2) is 22.7. The quantitative estimate of drug-likeness (QED) is 0.0703. The van der Waals surface area contributed by atoms with Gasteiger partial charge >= 0.3 is 0 Å². The van der Waals surface area contributed by atoms with Crippen molar-refractivity contribution in [2.24, 2.45) is 0 Å². The second-order valence-corrected chi connectivity index (χ2v) is 17.6. The van der Waals surface area contributed by atoms with Crippen LogP contribution in [0.15, 0.2) is 58.3 Å². The molecule has 0 bridgehead atoms. The Morgan fingerprint density at radius 2 is 0.667 bits per heavy atom. The van der Waals surface area contributed by atoms with Gasteiger partial charge in [-0.05, 0) is 76.6 Å². The summed E-state index contributed by atoms with van der Waals surface area (Å²) in [5, 5.41) is 2.03. The molecule has 256 valence electrons. The SMILES string of the molecule is Cc1ccc(S(=O)(=O)N(CCCCCCCBr)CCCCCCCN(CCCCCCCBr)S(=O)(=O)c2ccc(C)cc2)cc1. The van der Waals surface area contributed by atoms with Crippen LogP contribution in [0.4, 0.5) is 0 Å². The number of hydrogen-bond acceptors (Lipinski definition) is 4. The van der Waals surface area contributed by atoms with Gasteiger partial charge in [0.15, 0.2) is 0 Å². The monoisotopic (exact) mass is 790 g/mol. The smallest absolute Gasteiger partial charge is 0.207 e. The fourth-order valence-electron chi connectivity index (χ4n) is 5.36. The number of alkyl halides is 2. The minimum absolute atomic E-state index is 0.366. The minimum Gasteiger partial charge on any atom is -0.207 e. The summed E-state index contributed by atoms with van der Waals surface area (Å²) in [6.45, 7) is 6.05. The molecule has 2 aromatic rings. The Hall–Kier alpha value is -0.780. The molecule has 0 aliphatic rings. The van der Waals surface area contributed by atoms with E-state index in [0.717, 1.165) is 118 Å². The molecular weight excluding hydrogens is 736 g/mol. The maximum absolute atomic E-state index is 13.5. The maximum Gasteiger partial charge on any atom is 0.243 e. The van der Waals surface area contributed by atoms with Crippen molar-refractivity contribution in [3.8, 4) is 0 Å². The highest BCUT2D eigenvalue weighted by atomic mass is 79.9. The average Bonchev–Trinajstić information content (AvgIpc) is 3.02. The summed E-state index contributed by atoms with van der Waals surface area (Å²) in [5.41, 5.74) is 2.09. The summed E-state index contributed by atoms with van der Waals surface area (Å²) < 4.78 is 57.3. The van der Waals surface area contributed by atoms with E-state index in [1.807, 2.05) is 38.1 Å². The van der Waals surface area contributed by atoms with Crippen molar-refractivity contribution in [2.75, 3.05) is 36.8 Å². The third-order valence-corrected chi connectivity index (χ3v) is 13.2. The van der Waals surface area contributed by atoms with Crippen molar-refractivity contribution in [3.05, 3.63) is 59.7 Å². The highest BCUT2D eigenvalue weighted by Gasteiger charge is 2.25. The summed E-state index contributed by atoms with van der Waals surface area (Å²) in [7, 11) is -7.07. The molecule has 6 nitrogen and oxygen atoms in total. The molecule has 45 heavy (non-hydrogen) atoms. The molecule has 0 saturated heterocycles. The van der Waals surface area contributed by atoms with Crippen molar-refractivity contribution in [2.45, 2.75) is 120 Å². The molecule has 0 N–H and O–H groups in total. The van der Waals surface area contributed by atoms with E-state index in [4.69, 9.17) is 0 Å². The fraction of sp³-hybridized carbons (Fsp3) is 0.657.